The third-order valence-electron chi connectivity index (χ3n) is 5.25. The molecule has 0 fully saturated rings. The first-order valence-corrected chi connectivity index (χ1v) is 13.1. The van der Waals surface area contributed by atoms with Crippen LogP contribution in [0, 0.1) is 0 Å². The molecule has 0 radical (unpaired) electrons. The van der Waals surface area contributed by atoms with Gasteiger partial charge in [0.05, 0.1) is 11.7 Å². The highest BCUT2D eigenvalue weighted by Gasteiger charge is 2.14. The molecule has 10 heteroatoms. The number of aromatic nitrogens is 4. The van der Waals surface area contributed by atoms with Crippen LogP contribution in [-0.4, -0.2) is 38.6 Å². The minimum atomic E-state index is -0.299. The Morgan fingerprint density at radius 2 is 1.94 bits per heavy atom. The van der Waals surface area contributed by atoms with Crippen molar-refractivity contribution >= 4 is 58.9 Å². The fourth-order valence-corrected chi connectivity index (χ4v) is 4.75. The van der Waals surface area contributed by atoms with Crippen LogP contribution in [0.25, 0.3) is 22.4 Å². The minimum absolute atomic E-state index is 0.165. The molecule has 0 saturated carbocycles. The van der Waals surface area contributed by atoms with Crippen LogP contribution in [0.3, 0.4) is 0 Å². The smallest absolute Gasteiger partial charge is 0.229 e. The van der Waals surface area contributed by atoms with Crippen molar-refractivity contribution < 1.29 is 9.52 Å². The summed E-state index contributed by atoms with van der Waals surface area (Å²) in [6, 6.07) is 17.4. The van der Waals surface area contributed by atoms with Crippen LogP contribution in [0.4, 0.5) is 23.1 Å². The van der Waals surface area contributed by atoms with E-state index in [4.69, 9.17) is 16.0 Å². The summed E-state index contributed by atoms with van der Waals surface area (Å²) in [6.45, 7) is 4.25. The minimum Gasteiger partial charge on any atom is -0.457 e. The predicted molar refractivity (Wildman–Crippen MR) is 138 cm³/mol. The zero-order valence-electron chi connectivity index (χ0n) is 18.5. The van der Waals surface area contributed by atoms with Gasteiger partial charge in [-0.05, 0) is 55.0 Å². The van der Waals surface area contributed by atoms with Crippen LogP contribution in [-0.2, 0) is 6.61 Å². The first-order chi connectivity index (χ1) is 16.5. The quantitative estimate of drug-likeness (QED) is 0.218. The van der Waals surface area contributed by atoms with Crippen molar-refractivity contribution in [3.8, 4) is 11.5 Å². The second-order valence-electron chi connectivity index (χ2n) is 7.81. The van der Waals surface area contributed by atoms with E-state index in [0.717, 1.165) is 22.3 Å². The number of rotatable bonds is 7. The molecule has 0 bridgehead atoms. The fraction of sp³-hybridized carbons (Fsp3) is 0.125. The number of aromatic amines is 1. The largest absolute Gasteiger partial charge is 0.457 e. The fourth-order valence-electron chi connectivity index (χ4n) is 3.61. The van der Waals surface area contributed by atoms with E-state index in [1.807, 2.05) is 36.4 Å². The molecule has 172 valence electrons. The SMILES string of the molecule is CP(C)c1ccccc1Nc1nc(Nc2ccc3[nH]nc(-c4ccc(CO)o4)c3c2)ncc1Cl. The maximum atomic E-state index is 9.29. The van der Waals surface area contributed by atoms with Gasteiger partial charge in [0.2, 0.25) is 5.95 Å². The molecule has 5 aromatic rings. The number of aliphatic hydroxyl groups excluding tert-OH is 1. The summed E-state index contributed by atoms with van der Waals surface area (Å²) in [6.07, 6.45) is 1.57. The average Bonchev–Trinajstić information content (AvgIpc) is 3.48. The van der Waals surface area contributed by atoms with E-state index in [-0.39, 0.29) is 14.5 Å². The van der Waals surface area contributed by atoms with Crippen LogP contribution in [0.15, 0.2) is 65.2 Å². The summed E-state index contributed by atoms with van der Waals surface area (Å²) in [7, 11) is -0.299. The summed E-state index contributed by atoms with van der Waals surface area (Å²) in [5, 5.41) is 25.8. The molecule has 0 saturated heterocycles. The van der Waals surface area contributed by atoms with Crippen LogP contribution >= 0.6 is 19.5 Å². The Morgan fingerprint density at radius 1 is 1.09 bits per heavy atom. The number of furan rings is 1. The first kappa shape index (κ1) is 22.3. The van der Waals surface area contributed by atoms with Crippen molar-refractivity contribution in [1.29, 1.82) is 0 Å². The molecule has 5 rings (SSSR count). The van der Waals surface area contributed by atoms with Gasteiger partial charge in [0.1, 0.15) is 23.1 Å². The molecule has 0 aliphatic carbocycles. The number of hydrogen-bond acceptors (Lipinski definition) is 7. The highest BCUT2D eigenvalue weighted by Crippen LogP contribution is 2.32. The van der Waals surface area contributed by atoms with Crippen molar-refractivity contribution in [3.63, 3.8) is 0 Å². The highest BCUT2D eigenvalue weighted by atomic mass is 35.5. The number of H-pyrrole nitrogens is 1. The Morgan fingerprint density at radius 3 is 2.74 bits per heavy atom. The molecular formula is C24H22ClN6O2P. The molecule has 0 atom stereocenters. The van der Waals surface area contributed by atoms with E-state index in [1.165, 1.54) is 5.30 Å². The number of aliphatic hydroxyl groups is 1. The van der Waals surface area contributed by atoms with Crippen molar-refractivity contribution in [1.82, 2.24) is 20.2 Å². The Bertz CT molecular complexity index is 1470. The molecule has 34 heavy (non-hydrogen) atoms. The highest BCUT2D eigenvalue weighted by molar-refractivity contribution is 7.64. The lowest BCUT2D eigenvalue weighted by atomic mass is 10.1. The average molecular weight is 493 g/mol. The number of para-hydroxylation sites is 1. The standard InChI is InChI=1S/C24H22ClN6O2P/c1-34(2)21-6-4-3-5-19(21)28-23-17(25)12-26-24(29-23)27-14-7-9-18-16(11-14)22(31-30-18)20-10-8-15(13-32)33-20/h3-12,32H,13H2,1-2H3,(H,30,31)(H2,26,27,28,29). The molecular weight excluding hydrogens is 471 g/mol. The number of nitrogens with zero attached hydrogens (tertiary/aromatic N) is 3. The Balaban J connectivity index is 1.43. The van der Waals surface area contributed by atoms with Crippen molar-refractivity contribution in [3.05, 3.63) is 71.6 Å². The second kappa shape index (κ2) is 9.43. The first-order valence-electron chi connectivity index (χ1n) is 10.5. The van der Waals surface area contributed by atoms with Gasteiger partial charge in [0, 0.05) is 16.8 Å². The predicted octanol–water partition coefficient (Wildman–Crippen LogP) is 5.61. The Kier molecular flexibility index (Phi) is 6.20. The molecule has 4 N–H and O–H groups in total. The number of benzene rings is 2. The van der Waals surface area contributed by atoms with Gasteiger partial charge in [0.15, 0.2) is 11.6 Å². The molecule has 8 nitrogen and oxygen atoms in total. The second-order valence-corrected chi connectivity index (χ2v) is 10.5. The van der Waals surface area contributed by atoms with Crippen LogP contribution in [0.1, 0.15) is 5.76 Å². The van der Waals surface area contributed by atoms with Crippen molar-refractivity contribution in [2.75, 3.05) is 24.0 Å². The molecule has 0 unspecified atom stereocenters. The summed E-state index contributed by atoms with van der Waals surface area (Å²) in [5.41, 5.74) is 3.28. The van der Waals surface area contributed by atoms with Gasteiger partial charge >= 0.3 is 0 Å². The van der Waals surface area contributed by atoms with E-state index in [0.29, 0.717) is 34.0 Å². The van der Waals surface area contributed by atoms with Gasteiger partial charge < -0.3 is 20.2 Å². The number of nitrogens with one attached hydrogen (secondary N) is 3. The molecule has 3 heterocycles. The third-order valence-corrected chi connectivity index (χ3v) is 6.88. The number of fused-ring (bicyclic) bond motifs is 1. The van der Waals surface area contributed by atoms with Gasteiger partial charge in [-0.15, -0.1) is 0 Å². The molecule has 0 aliphatic rings. The summed E-state index contributed by atoms with van der Waals surface area (Å²) < 4.78 is 5.66. The maximum absolute atomic E-state index is 9.29. The summed E-state index contributed by atoms with van der Waals surface area (Å²) in [4.78, 5) is 8.93. The van der Waals surface area contributed by atoms with E-state index in [9.17, 15) is 5.11 Å². The van der Waals surface area contributed by atoms with Gasteiger partial charge in [-0.2, -0.15) is 10.1 Å². The van der Waals surface area contributed by atoms with Crippen molar-refractivity contribution in [2.24, 2.45) is 0 Å². The molecule has 2 aromatic carbocycles. The third kappa shape index (κ3) is 4.48. The van der Waals surface area contributed by atoms with E-state index in [1.54, 1.807) is 18.3 Å². The number of anilines is 4. The van der Waals surface area contributed by atoms with Gasteiger partial charge in [-0.1, -0.05) is 37.7 Å². The van der Waals surface area contributed by atoms with E-state index in [2.05, 4.69) is 50.2 Å². The van der Waals surface area contributed by atoms with Crippen LogP contribution in [0.2, 0.25) is 5.02 Å². The molecule has 0 aliphatic heterocycles. The van der Waals surface area contributed by atoms with Crippen LogP contribution in [0.5, 0.6) is 0 Å². The monoisotopic (exact) mass is 492 g/mol. The lowest BCUT2D eigenvalue weighted by Gasteiger charge is -2.15. The number of hydrogen-bond donors (Lipinski definition) is 4. The summed E-state index contributed by atoms with van der Waals surface area (Å²) >= 11 is 6.40. The zero-order chi connectivity index (χ0) is 23.7. The normalized spacial score (nSPS) is 11.3. The maximum Gasteiger partial charge on any atom is 0.229 e. The van der Waals surface area contributed by atoms with E-state index >= 15 is 0 Å². The van der Waals surface area contributed by atoms with Gasteiger partial charge in [-0.3, -0.25) is 5.10 Å². The van der Waals surface area contributed by atoms with Gasteiger partial charge in [-0.25, -0.2) is 4.98 Å². The molecule has 0 spiro atoms. The topological polar surface area (TPSA) is 112 Å². The summed E-state index contributed by atoms with van der Waals surface area (Å²) in [5.74, 6) is 1.99. The van der Waals surface area contributed by atoms with Gasteiger partial charge in [0.25, 0.3) is 0 Å². The van der Waals surface area contributed by atoms with Crippen LogP contribution < -0.4 is 15.9 Å². The Labute approximate surface area is 202 Å². The molecule has 3 aromatic heterocycles. The number of halogens is 1. The zero-order valence-corrected chi connectivity index (χ0v) is 20.2. The Hall–Kier alpha value is -3.45. The lowest BCUT2D eigenvalue weighted by Crippen LogP contribution is -2.09. The van der Waals surface area contributed by atoms with E-state index < -0.39 is 0 Å². The molecule has 0 amide bonds. The van der Waals surface area contributed by atoms with Crippen molar-refractivity contribution in [2.45, 2.75) is 6.61 Å². The lowest BCUT2D eigenvalue weighted by molar-refractivity contribution is 0.248.